The van der Waals surface area contributed by atoms with Crippen LogP contribution in [0.3, 0.4) is 0 Å². The van der Waals surface area contributed by atoms with Crippen LogP contribution in [-0.4, -0.2) is 22.1 Å². The summed E-state index contributed by atoms with van der Waals surface area (Å²) in [4.78, 5) is 15.7. The van der Waals surface area contributed by atoms with Crippen LogP contribution in [0.15, 0.2) is 36.8 Å². The summed E-state index contributed by atoms with van der Waals surface area (Å²) in [6, 6.07) is 8.15. The lowest BCUT2D eigenvalue weighted by atomic mass is 10.2. The van der Waals surface area contributed by atoms with Gasteiger partial charge < -0.3 is 9.30 Å². The molecule has 0 saturated heterocycles. The molecule has 0 bridgehead atoms. The standard InChI is InChI=1S/C13H13IN2O2/c1-2-18-13(17)12-7-15-9-16(12)8-10-3-5-11(14)6-4-10/h3-7,9H,2,8H2,1H3. The smallest absolute Gasteiger partial charge is 0.356 e. The molecule has 0 saturated carbocycles. The van der Waals surface area contributed by atoms with Crippen molar-refractivity contribution < 1.29 is 9.53 Å². The highest BCUT2D eigenvalue weighted by Gasteiger charge is 2.12. The lowest BCUT2D eigenvalue weighted by Crippen LogP contribution is -2.12. The molecular weight excluding hydrogens is 343 g/mol. The molecule has 94 valence electrons. The Hall–Kier alpha value is -1.37. The molecule has 4 nitrogen and oxygen atoms in total. The highest BCUT2D eigenvalue weighted by atomic mass is 127. The van der Waals surface area contributed by atoms with Gasteiger partial charge in [-0.1, -0.05) is 12.1 Å². The molecule has 0 N–H and O–H groups in total. The summed E-state index contributed by atoms with van der Waals surface area (Å²) in [5, 5.41) is 0. The molecule has 1 aromatic heterocycles. The Kier molecular flexibility index (Phi) is 4.35. The number of carbonyl (C=O) groups is 1. The van der Waals surface area contributed by atoms with Crippen LogP contribution in [0, 0.1) is 3.57 Å². The van der Waals surface area contributed by atoms with Crippen LogP contribution in [0.5, 0.6) is 0 Å². The average Bonchev–Trinajstić information content (AvgIpc) is 2.81. The number of benzene rings is 1. The number of hydrogen-bond acceptors (Lipinski definition) is 3. The number of carbonyl (C=O) groups excluding carboxylic acids is 1. The van der Waals surface area contributed by atoms with E-state index in [1.54, 1.807) is 17.8 Å². The van der Waals surface area contributed by atoms with Crippen LogP contribution in [-0.2, 0) is 11.3 Å². The van der Waals surface area contributed by atoms with Crippen molar-refractivity contribution in [1.82, 2.24) is 9.55 Å². The fourth-order valence-corrected chi connectivity index (χ4v) is 1.97. The van der Waals surface area contributed by atoms with Crippen LogP contribution >= 0.6 is 22.6 Å². The highest BCUT2D eigenvalue weighted by Crippen LogP contribution is 2.10. The van der Waals surface area contributed by atoms with Crippen molar-refractivity contribution in [2.75, 3.05) is 6.61 Å². The number of nitrogens with zero attached hydrogens (tertiary/aromatic N) is 2. The summed E-state index contributed by atoms with van der Waals surface area (Å²) >= 11 is 2.26. The van der Waals surface area contributed by atoms with Crippen LogP contribution in [0.25, 0.3) is 0 Å². The van der Waals surface area contributed by atoms with E-state index in [0.717, 1.165) is 5.56 Å². The molecule has 18 heavy (non-hydrogen) atoms. The number of rotatable bonds is 4. The van der Waals surface area contributed by atoms with Crippen molar-refractivity contribution in [1.29, 1.82) is 0 Å². The molecule has 0 atom stereocenters. The molecule has 2 aromatic rings. The van der Waals surface area contributed by atoms with Gasteiger partial charge in [-0.05, 0) is 47.2 Å². The number of esters is 1. The van der Waals surface area contributed by atoms with Gasteiger partial charge in [0, 0.05) is 10.1 Å². The van der Waals surface area contributed by atoms with E-state index in [9.17, 15) is 4.79 Å². The van der Waals surface area contributed by atoms with Crippen molar-refractivity contribution in [3.8, 4) is 0 Å². The number of halogens is 1. The van der Waals surface area contributed by atoms with Crippen LogP contribution in [0.1, 0.15) is 23.0 Å². The predicted octanol–water partition coefficient (Wildman–Crippen LogP) is 2.71. The van der Waals surface area contributed by atoms with Crippen molar-refractivity contribution in [3.63, 3.8) is 0 Å². The molecule has 2 rings (SSSR count). The minimum absolute atomic E-state index is 0.333. The topological polar surface area (TPSA) is 44.1 Å². The fourth-order valence-electron chi connectivity index (χ4n) is 1.61. The summed E-state index contributed by atoms with van der Waals surface area (Å²) in [5.74, 6) is -0.333. The second kappa shape index (κ2) is 5.99. The third-order valence-corrected chi connectivity index (χ3v) is 3.18. The maximum atomic E-state index is 11.7. The molecule has 0 aliphatic heterocycles. The Morgan fingerprint density at radius 2 is 2.11 bits per heavy atom. The zero-order valence-corrected chi connectivity index (χ0v) is 12.1. The summed E-state index contributed by atoms with van der Waals surface area (Å²) in [5.41, 5.74) is 1.61. The van der Waals surface area contributed by atoms with Crippen LogP contribution < -0.4 is 0 Å². The van der Waals surface area contributed by atoms with Gasteiger partial charge in [0.1, 0.15) is 5.69 Å². The number of imidazole rings is 1. The first-order valence-electron chi connectivity index (χ1n) is 5.62. The molecule has 0 aliphatic carbocycles. The quantitative estimate of drug-likeness (QED) is 0.625. The zero-order valence-electron chi connectivity index (χ0n) is 9.97. The molecule has 0 amide bonds. The summed E-state index contributed by atoms with van der Waals surface area (Å²) in [7, 11) is 0. The van der Waals surface area contributed by atoms with Crippen molar-refractivity contribution >= 4 is 28.6 Å². The van der Waals surface area contributed by atoms with Gasteiger partial charge in [0.25, 0.3) is 0 Å². The zero-order chi connectivity index (χ0) is 13.0. The maximum absolute atomic E-state index is 11.7. The third kappa shape index (κ3) is 3.10. The molecule has 1 heterocycles. The number of aromatic nitrogens is 2. The van der Waals surface area contributed by atoms with E-state index >= 15 is 0 Å². The molecule has 1 aromatic carbocycles. The predicted molar refractivity (Wildman–Crippen MR) is 76.4 cm³/mol. The van der Waals surface area contributed by atoms with Crippen LogP contribution in [0.4, 0.5) is 0 Å². The van der Waals surface area contributed by atoms with Gasteiger partial charge in [-0.15, -0.1) is 0 Å². The Bertz CT molecular complexity index is 534. The summed E-state index contributed by atoms with van der Waals surface area (Å²) in [6.07, 6.45) is 3.18. The first-order chi connectivity index (χ1) is 8.70. The van der Waals surface area contributed by atoms with Gasteiger partial charge in [-0.2, -0.15) is 0 Å². The normalized spacial score (nSPS) is 10.3. The number of hydrogen-bond donors (Lipinski definition) is 0. The molecule has 0 fully saturated rings. The van der Waals surface area contributed by atoms with Gasteiger partial charge in [0.05, 0.1) is 19.1 Å². The van der Waals surface area contributed by atoms with Crippen LogP contribution in [0.2, 0.25) is 0 Å². The molecule has 0 radical (unpaired) electrons. The Labute approximate surface area is 119 Å². The van der Waals surface area contributed by atoms with E-state index in [2.05, 4.69) is 27.6 Å². The first kappa shape index (κ1) is 13.1. The first-order valence-corrected chi connectivity index (χ1v) is 6.70. The Morgan fingerprint density at radius 1 is 1.39 bits per heavy atom. The van der Waals surface area contributed by atoms with Gasteiger partial charge in [0.2, 0.25) is 0 Å². The van der Waals surface area contributed by atoms with Crippen molar-refractivity contribution in [2.45, 2.75) is 13.5 Å². The third-order valence-electron chi connectivity index (χ3n) is 2.46. The van der Waals surface area contributed by atoms with E-state index in [0.29, 0.717) is 18.8 Å². The largest absolute Gasteiger partial charge is 0.461 e. The fraction of sp³-hybridized carbons (Fsp3) is 0.231. The second-order valence-electron chi connectivity index (χ2n) is 3.75. The lowest BCUT2D eigenvalue weighted by Gasteiger charge is -2.07. The maximum Gasteiger partial charge on any atom is 0.356 e. The van der Waals surface area contributed by atoms with Gasteiger partial charge in [-0.25, -0.2) is 9.78 Å². The van der Waals surface area contributed by atoms with E-state index < -0.39 is 0 Å². The highest BCUT2D eigenvalue weighted by molar-refractivity contribution is 14.1. The van der Waals surface area contributed by atoms with E-state index in [4.69, 9.17) is 4.74 Å². The van der Waals surface area contributed by atoms with Crippen molar-refractivity contribution in [2.24, 2.45) is 0 Å². The molecule has 0 spiro atoms. The molecule has 0 aliphatic rings. The molecular formula is C13H13IN2O2. The van der Waals surface area contributed by atoms with E-state index in [1.807, 2.05) is 24.3 Å². The minimum Gasteiger partial charge on any atom is -0.461 e. The minimum atomic E-state index is -0.333. The lowest BCUT2D eigenvalue weighted by molar-refractivity contribution is 0.0514. The Balaban J connectivity index is 2.17. The Morgan fingerprint density at radius 3 is 2.78 bits per heavy atom. The SMILES string of the molecule is CCOC(=O)c1cncn1Cc1ccc(I)cc1. The van der Waals surface area contributed by atoms with Gasteiger partial charge >= 0.3 is 5.97 Å². The van der Waals surface area contributed by atoms with Gasteiger partial charge in [-0.3, -0.25) is 0 Å². The summed E-state index contributed by atoms with van der Waals surface area (Å²) in [6.45, 7) is 2.77. The van der Waals surface area contributed by atoms with Gasteiger partial charge in [0.15, 0.2) is 0 Å². The monoisotopic (exact) mass is 356 g/mol. The number of ether oxygens (including phenoxy) is 1. The molecule has 5 heteroatoms. The summed E-state index contributed by atoms with van der Waals surface area (Å²) < 4.78 is 7.96. The second-order valence-corrected chi connectivity index (χ2v) is 5.00. The average molecular weight is 356 g/mol. The molecule has 0 unspecified atom stereocenters. The van der Waals surface area contributed by atoms with E-state index in [-0.39, 0.29) is 5.97 Å². The van der Waals surface area contributed by atoms with Crippen molar-refractivity contribution in [3.05, 3.63) is 51.6 Å². The van der Waals surface area contributed by atoms with E-state index in [1.165, 1.54) is 9.77 Å².